The molecular formula is C22H19BrN4O2. The van der Waals surface area contributed by atoms with Crippen LogP contribution in [0.2, 0.25) is 0 Å². The lowest BCUT2D eigenvalue weighted by atomic mass is 9.99. The number of benzene rings is 2. The molecule has 0 radical (unpaired) electrons. The van der Waals surface area contributed by atoms with E-state index in [1.54, 1.807) is 25.4 Å². The fourth-order valence-corrected chi connectivity index (χ4v) is 3.35. The number of pyridine rings is 1. The van der Waals surface area contributed by atoms with Gasteiger partial charge in [0.1, 0.15) is 17.2 Å². The minimum atomic E-state index is -0.250. The number of nitrogens with one attached hydrogen (secondary N) is 2. The summed E-state index contributed by atoms with van der Waals surface area (Å²) >= 11 is 3.46. The average Bonchev–Trinajstić information content (AvgIpc) is 3.24. The van der Waals surface area contributed by atoms with E-state index in [9.17, 15) is 4.79 Å². The molecule has 4 rings (SSSR count). The van der Waals surface area contributed by atoms with Crippen molar-refractivity contribution in [2.24, 2.45) is 5.10 Å². The molecule has 6 nitrogen and oxygen atoms in total. The Morgan fingerprint density at radius 1 is 1.10 bits per heavy atom. The van der Waals surface area contributed by atoms with Crippen LogP contribution in [-0.4, -0.2) is 23.7 Å². The summed E-state index contributed by atoms with van der Waals surface area (Å²) in [5.41, 5.74) is 6.82. The van der Waals surface area contributed by atoms with Crippen molar-refractivity contribution in [3.05, 3.63) is 88.2 Å². The van der Waals surface area contributed by atoms with Crippen molar-refractivity contribution in [2.75, 3.05) is 7.05 Å². The van der Waals surface area contributed by atoms with Crippen molar-refractivity contribution in [3.63, 3.8) is 0 Å². The highest BCUT2D eigenvalue weighted by Gasteiger charge is 2.21. The molecule has 1 aliphatic heterocycles. The number of carbonyl (C=O) groups is 1. The third-order valence-corrected chi connectivity index (χ3v) is 5.17. The number of hydrazone groups is 1. The Kier molecular flexibility index (Phi) is 5.57. The lowest BCUT2D eigenvalue weighted by Crippen LogP contribution is -2.18. The van der Waals surface area contributed by atoms with E-state index in [0.717, 1.165) is 27.7 Å². The third-order valence-electron chi connectivity index (χ3n) is 4.64. The molecule has 3 aromatic rings. The van der Waals surface area contributed by atoms with Crippen molar-refractivity contribution >= 4 is 27.5 Å². The monoisotopic (exact) mass is 450 g/mol. The van der Waals surface area contributed by atoms with Gasteiger partial charge in [0, 0.05) is 30.2 Å². The number of ether oxygens (including phenoxy) is 1. The maximum Gasteiger partial charge on any atom is 0.269 e. The summed E-state index contributed by atoms with van der Waals surface area (Å²) < 4.78 is 6.91. The van der Waals surface area contributed by atoms with Gasteiger partial charge in [-0.15, -0.1) is 0 Å². The summed E-state index contributed by atoms with van der Waals surface area (Å²) in [6.45, 7) is 0. The zero-order valence-electron chi connectivity index (χ0n) is 15.7. The topological polar surface area (TPSA) is 75.6 Å². The Labute approximate surface area is 177 Å². The Bertz CT molecular complexity index is 1050. The van der Waals surface area contributed by atoms with Crippen molar-refractivity contribution in [1.29, 1.82) is 0 Å². The van der Waals surface area contributed by atoms with Crippen LogP contribution >= 0.6 is 15.9 Å². The first-order valence-electron chi connectivity index (χ1n) is 9.16. The molecule has 1 aromatic heterocycles. The first kappa shape index (κ1) is 19.1. The summed E-state index contributed by atoms with van der Waals surface area (Å²) in [7, 11) is 1.57. The second-order valence-corrected chi connectivity index (χ2v) is 7.49. The van der Waals surface area contributed by atoms with Crippen LogP contribution in [0, 0.1) is 0 Å². The fraction of sp³-hybridized carbons (Fsp3) is 0.136. The van der Waals surface area contributed by atoms with Gasteiger partial charge in [0.2, 0.25) is 0 Å². The molecule has 1 aliphatic rings. The van der Waals surface area contributed by atoms with E-state index in [4.69, 9.17) is 4.74 Å². The van der Waals surface area contributed by atoms with Crippen LogP contribution < -0.4 is 15.5 Å². The lowest BCUT2D eigenvalue weighted by Gasteiger charge is -2.12. The first-order chi connectivity index (χ1) is 14.1. The Morgan fingerprint density at radius 2 is 1.86 bits per heavy atom. The van der Waals surface area contributed by atoms with Gasteiger partial charge in [0.05, 0.1) is 11.8 Å². The highest BCUT2D eigenvalue weighted by Crippen LogP contribution is 2.28. The van der Waals surface area contributed by atoms with Crippen LogP contribution in [0.1, 0.15) is 34.1 Å². The molecule has 146 valence electrons. The van der Waals surface area contributed by atoms with E-state index in [1.165, 1.54) is 0 Å². The molecule has 2 heterocycles. The second kappa shape index (κ2) is 8.45. The van der Waals surface area contributed by atoms with Gasteiger partial charge < -0.3 is 15.5 Å². The molecule has 0 spiro atoms. The van der Waals surface area contributed by atoms with Crippen LogP contribution in [0.3, 0.4) is 0 Å². The van der Waals surface area contributed by atoms with E-state index in [2.05, 4.69) is 48.9 Å². The molecule has 0 aliphatic carbocycles. The number of hydrogen-bond donors (Lipinski definition) is 2. The van der Waals surface area contributed by atoms with Crippen LogP contribution in [-0.2, 0) is 0 Å². The zero-order valence-corrected chi connectivity index (χ0v) is 17.3. The Balaban J connectivity index is 1.41. The molecular weight excluding hydrogens is 432 g/mol. The first-order valence-corrected chi connectivity index (χ1v) is 9.95. The number of aromatic nitrogens is 1. The maximum absolute atomic E-state index is 11.7. The molecule has 0 saturated heterocycles. The molecule has 0 bridgehead atoms. The quantitative estimate of drug-likeness (QED) is 0.602. The van der Waals surface area contributed by atoms with Crippen molar-refractivity contribution in [1.82, 2.24) is 15.7 Å². The predicted molar refractivity (Wildman–Crippen MR) is 115 cm³/mol. The van der Waals surface area contributed by atoms with Gasteiger partial charge in [0.15, 0.2) is 0 Å². The summed E-state index contributed by atoms with van der Waals surface area (Å²) in [4.78, 5) is 15.7. The van der Waals surface area contributed by atoms with Gasteiger partial charge in [-0.25, -0.2) is 0 Å². The lowest BCUT2D eigenvalue weighted by molar-refractivity contribution is 0.0958. The van der Waals surface area contributed by atoms with Crippen LogP contribution in [0.4, 0.5) is 0 Å². The van der Waals surface area contributed by atoms with Gasteiger partial charge in [-0.1, -0.05) is 40.2 Å². The van der Waals surface area contributed by atoms with E-state index >= 15 is 0 Å². The highest BCUT2D eigenvalue weighted by atomic mass is 79.9. The SMILES string of the molecule is CNC(=O)c1cc(Oc2ccc(C3CC(c4ccc(Br)cc4)=NN3)cc2)ccn1. The molecule has 1 amide bonds. The normalized spacial score (nSPS) is 15.4. The van der Waals surface area contributed by atoms with Gasteiger partial charge in [-0.05, 0) is 41.5 Å². The number of rotatable bonds is 5. The Morgan fingerprint density at radius 3 is 2.59 bits per heavy atom. The number of carbonyl (C=O) groups excluding carboxylic acids is 1. The third kappa shape index (κ3) is 4.46. The maximum atomic E-state index is 11.7. The van der Waals surface area contributed by atoms with E-state index in [-0.39, 0.29) is 11.9 Å². The average molecular weight is 451 g/mol. The van der Waals surface area contributed by atoms with Crippen LogP contribution in [0.5, 0.6) is 11.5 Å². The van der Waals surface area contributed by atoms with Gasteiger partial charge >= 0.3 is 0 Å². The molecule has 1 atom stereocenters. The molecule has 0 fully saturated rings. The highest BCUT2D eigenvalue weighted by molar-refractivity contribution is 9.10. The van der Waals surface area contributed by atoms with Gasteiger partial charge in [-0.2, -0.15) is 5.10 Å². The fourth-order valence-electron chi connectivity index (χ4n) is 3.09. The molecule has 7 heteroatoms. The van der Waals surface area contributed by atoms with Gasteiger partial charge in [0.25, 0.3) is 5.91 Å². The largest absolute Gasteiger partial charge is 0.457 e. The van der Waals surface area contributed by atoms with Crippen molar-refractivity contribution in [2.45, 2.75) is 12.5 Å². The second-order valence-electron chi connectivity index (χ2n) is 6.58. The smallest absolute Gasteiger partial charge is 0.269 e. The van der Waals surface area contributed by atoms with E-state index in [0.29, 0.717) is 17.2 Å². The minimum Gasteiger partial charge on any atom is -0.457 e. The number of nitrogens with zero attached hydrogens (tertiary/aromatic N) is 2. The molecule has 1 unspecified atom stereocenters. The van der Waals surface area contributed by atoms with E-state index in [1.807, 2.05) is 36.4 Å². The standard InChI is InChI=1S/C22H19BrN4O2/c1-24-22(28)21-12-18(10-11-25-21)29-17-8-4-15(5-9-17)20-13-19(26-27-20)14-2-6-16(23)7-3-14/h2-12,20,27H,13H2,1H3,(H,24,28). The summed E-state index contributed by atoms with van der Waals surface area (Å²) in [6.07, 6.45) is 2.37. The summed E-state index contributed by atoms with van der Waals surface area (Å²) in [5, 5.41) is 7.05. The summed E-state index contributed by atoms with van der Waals surface area (Å²) in [5.74, 6) is 1.00. The minimum absolute atomic E-state index is 0.128. The summed E-state index contributed by atoms with van der Waals surface area (Å²) in [6, 6.07) is 19.5. The molecule has 2 aromatic carbocycles. The number of hydrogen-bond acceptors (Lipinski definition) is 5. The van der Waals surface area contributed by atoms with Gasteiger partial charge in [-0.3, -0.25) is 9.78 Å². The van der Waals surface area contributed by atoms with E-state index < -0.39 is 0 Å². The zero-order chi connectivity index (χ0) is 20.2. The van der Waals surface area contributed by atoms with Crippen molar-refractivity contribution in [3.8, 4) is 11.5 Å². The number of amides is 1. The molecule has 29 heavy (non-hydrogen) atoms. The Hall–Kier alpha value is -3.19. The number of halogens is 1. The van der Waals surface area contributed by atoms with Crippen LogP contribution in [0.25, 0.3) is 0 Å². The molecule has 2 N–H and O–H groups in total. The van der Waals surface area contributed by atoms with Crippen LogP contribution in [0.15, 0.2) is 76.4 Å². The molecule has 0 saturated carbocycles. The predicted octanol–water partition coefficient (Wildman–Crippen LogP) is 4.43. The van der Waals surface area contributed by atoms with Crippen molar-refractivity contribution < 1.29 is 9.53 Å².